The molecule has 0 radical (unpaired) electrons. The molecule has 2 heterocycles. The van der Waals surface area contributed by atoms with E-state index in [9.17, 15) is 4.79 Å². The number of carbonyl (C=O) groups excluding carboxylic acids is 1. The van der Waals surface area contributed by atoms with Gasteiger partial charge in [0.1, 0.15) is 6.04 Å². The summed E-state index contributed by atoms with van der Waals surface area (Å²) >= 11 is 1.61. The lowest BCUT2D eigenvalue weighted by Gasteiger charge is -2.23. The summed E-state index contributed by atoms with van der Waals surface area (Å²) in [7, 11) is 0. The van der Waals surface area contributed by atoms with Gasteiger partial charge in [0.05, 0.1) is 0 Å². The Kier molecular flexibility index (Phi) is 2.84. The molecule has 1 fully saturated rings. The van der Waals surface area contributed by atoms with Gasteiger partial charge in [0.25, 0.3) is 0 Å². The summed E-state index contributed by atoms with van der Waals surface area (Å²) in [5, 5.41) is 4.00. The predicted octanol–water partition coefficient (Wildman–Crippen LogP) is 1.37. The molecule has 0 spiro atoms. The molecule has 3 nitrogen and oxygen atoms in total. The van der Waals surface area contributed by atoms with Gasteiger partial charge >= 0.3 is 0 Å². The van der Waals surface area contributed by atoms with Gasteiger partial charge in [-0.2, -0.15) is 11.3 Å². The van der Waals surface area contributed by atoms with Gasteiger partial charge < -0.3 is 5.73 Å². The van der Waals surface area contributed by atoms with Crippen LogP contribution in [0.4, 0.5) is 0 Å². The molecule has 1 aromatic rings. The lowest BCUT2D eigenvalue weighted by atomic mass is 10.1. The van der Waals surface area contributed by atoms with E-state index < -0.39 is 0 Å². The molecule has 0 bridgehead atoms. The van der Waals surface area contributed by atoms with Crippen LogP contribution in [0.1, 0.15) is 24.4 Å². The van der Waals surface area contributed by atoms with E-state index in [0.717, 1.165) is 18.7 Å². The quantitative estimate of drug-likeness (QED) is 0.819. The predicted molar refractivity (Wildman–Crippen MR) is 57.1 cm³/mol. The highest BCUT2D eigenvalue weighted by Crippen LogP contribution is 2.26. The molecule has 76 valence electrons. The summed E-state index contributed by atoms with van der Waals surface area (Å²) in [6.07, 6.45) is 2.35. The molecule has 1 saturated heterocycles. The third-order valence-electron chi connectivity index (χ3n) is 2.63. The Hall–Kier alpha value is -0.870. The van der Waals surface area contributed by atoms with Crippen molar-refractivity contribution in [2.45, 2.75) is 18.9 Å². The maximum absolute atomic E-state index is 11.4. The Morgan fingerprint density at radius 2 is 2.21 bits per heavy atom. The second kappa shape index (κ2) is 4.11. The van der Waals surface area contributed by atoms with Crippen LogP contribution in [-0.4, -0.2) is 23.9 Å². The molecule has 1 aromatic heterocycles. The maximum Gasteiger partial charge on any atom is 0.239 e. The number of nitrogens with zero attached hydrogens (tertiary/aromatic N) is 1. The van der Waals surface area contributed by atoms with E-state index in [1.165, 1.54) is 12.8 Å². The van der Waals surface area contributed by atoms with E-state index in [-0.39, 0.29) is 11.9 Å². The number of likely N-dealkylation sites (tertiary alicyclic amines) is 1. The van der Waals surface area contributed by atoms with E-state index in [4.69, 9.17) is 5.73 Å². The number of nitrogens with two attached hydrogens (primary N) is 1. The van der Waals surface area contributed by atoms with Crippen molar-refractivity contribution in [3.05, 3.63) is 22.4 Å². The number of thiophene rings is 1. The Bertz CT molecular complexity index is 304. The lowest BCUT2D eigenvalue weighted by Crippen LogP contribution is -2.35. The van der Waals surface area contributed by atoms with Crippen LogP contribution in [-0.2, 0) is 4.79 Å². The largest absolute Gasteiger partial charge is 0.368 e. The summed E-state index contributed by atoms with van der Waals surface area (Å²) in [5.74, 6) is -0.231. The van der Waals surface area contributed by atoms with Crippen molar-refractivity contribution in [2.75, 3.05) is 13.1 Å². The molecule has 2 rings (SSSR count). The minimum Gasteiger partial charge on any atom is -0.368 e. The van der Waals surface area contributed by atoms with Crippen LogP contribution in [0, 0.1) is 0 Å². The molecule has 4 heteroatoms. The fraction of sp³-hybridized carbons (Fsp3) is 0.500. The third-order valence-corrected chi connectivity index (χ3v) is 3.34. The molecule has 1 aliphatic heterocycles. The Labute approximate surface area is 87.5 Å². The summed E-state index contributed by atoms with van der Waals surface area (Å²) in [6.45, 7) is 1.98. The van der Waals surface area contributed by atoms with Crippen LogP contribution in [0.25, 0.3) is 0 Å². The van der Waals surface area contributed by atoms with Gasteiger partial charge in [0.2, 0.25) is 5.91 Å². The molecule has 1 amide bonds. The summed E-state index contributed by atoms with van der Waals surface area (Å²) in [5.41, 5.74) is 6.48. The van der Waals surface area contributed by atoms with Gasteiger partial charge in [-0.05, 0) is 48.3 Å². The fourth-order valence-corrected chi connectivity index (χ4v) is 2.66. The highest BCUT2D eigenvalue weighted by molar-refractivity contribution is 7.08. The van der Waals surface area contributed by atoms with Gasteiger partial charge in [-0.25, -0.2) is 0 Å². The van der Waals surface area contributed by atoms with Gasteiger partial charge in [0, 0.05) is 0 Å². The average Bonchev–Trinajstić information content (AvgIpc) is 2.75. The molecule has 1 atom stereocenters. The number of hydrogen-bond acceptors (Lipinski definition) is 3. The second-order valence-electron chi connectivity index (χ2n) is 3.60. The first-order valence-electron chi connectivity index (χ1n) is 4.84. The number of carbonyl (C=O) groups is 1. The van der Waals surface area contributed by atoms with Crippen LogP contribution >= 0.6 is 11.3 Å². The average molecular weight is 210 g/mol. The number of primary amides is 1. The van der Waals surface area contributed by atoms with Crippen LogP contribution < -0.4 is 5.73 Å². The minimum atomic E-state index is -0.231. The summed E-state index contributed by atoms with van der Waals surface area (Å²) in [4.78, 5) is 13.5. The molecular weight excluding hydrogens is 196 g/mol. The molecule has 2 N–H and O–H groups in total. The molecule has 1 aliphatic rings. The Morgan fingerprint density at radius 1 is 1.50 bits per heavy atom. The van der Waals surface area contributed by atoms with E-state index >= 15 is 0 Å². The zero-order chi connectivity index (χ0) is 9.97. The first-order valence-corrected chi connectivity index (χ1v) is 5.79. The molecule has 0 saturated carbocycles. The van der Waals surface area contributed by atoms with E-state index in [1.807, 2.05) is 16.8 Å². The topological polar surface area (TPSA) is 46.3 Å². The monoisotopic (exact) mass is 210 g/mol. The van der Waals surface area contributed by atoms with E-state index in [2.05, 4.69) is 4.90 Å². The molecule has 1 unspecified atom stereocenters. The third kappa shape index (κ3) is 1.81. The van der Waals surface area contributed by atoms with Gasteiger partial charge in [-0.1, -0.05) is 0 Å². The zero-order valence-corrected chi connectivity index (χ0v) is 8.80. The lowest BCUT2D eigenvalue weighted by molar-refractivity contribution is -0.123. The van der Waals surface area contributed by atoms with E-state index in [0.29, 0.717) is 0 Å². The first-order chi connectivity index (χ1) is 6.79. The summed E-state index contributed by atoms with van der Waals surface area (Å²) < 4.78 is 0. The molecule has 0 aromatic carbocycles. The number of hydrogen-bond donors (Lipinski definition) is 1. The van der Waals surface area contributed by atoms with Crippen LogP contribution in [0.5, 0.6) is 0 Å². The molecule has 0 aliphatic carbocycles. The van der Waals surface area contributed by atoms with Crippen molar-refractivity contribution in [3.8, 4) is 0 Å². The fourth-order valence-electron chi connectivity index (χ4n) is 1.99. The van der Waals surface area contributed by atoms with Crippen molar-refractivity contribution in [1.29, 1.82) is 0 Å². The van der Waals surface area contributed by atoms with Gasteiger partial charge in [-0.3, -0.25) is 9.69 Å². The second-order valence-corrected chi connectivity index (χ2v) is 4.38. The van der Waals surface area contributed by atoms with E-state index in [1.54, 1.807) is 11.3 Å². The SMILES string of the molecule is NC(=O)C(c1ccsc1)N1CCCC1. The summed E-state index contributed by atoms with van der Waals surface area (Å²) in [6, 6.07) is 1.78. The van der Waals surface area contributed by atoms with Crippen molar-refractivity contribution < 1.29 is 4.79 Å². The number of rotatable bonds is 3. The van der Waals surface area contributed by atoms with Crippen LogP contribution in [0.2, 0.25) is 0 Å². The number of amides is 1. The minimum absolute atomic E-state index is 0.205. The molecule has 14 heavy (non-hydrogen) atoms. The molecular formula is C10H14N2OS. The van der Waals surface area contributed by atoms with Gasteiger partial charge in [-0.15, -0.1) is 0 Å². The first kappa shape index (κ1) is 9.68. The Morgan fingerprint density at radius 3 is 2.71 bits per heavy atom. The van der Waals surface area contributed by atoms with Crippen molar-refractivity contribution >= 4 is 17.2 Å². The highest BCUT2D eigenvalue weighted by atomic mass is 32.1. The standard InChI is InChI=1S/C10H14N2OS/c11-10(13)9(8-3-6-14-7-8)12-4-1-2-5-12/h3,6-7,9H,1-2,4-5H2,(H2,11,13). The Balaban J connectivity index is 2.19. The van der Waals surface area contributed by atoms with Crippen molar-refractivity contribution in [3.63, 3.8) is 0 Å². The van der Waals surface area contributed by atoms with Crippen molar-refractivity contribution in [2.24, 2.45) is 5.73 Å². The zero-order valence-electron chi connectivity index (χ0n) is 7.98. The maximum atomic E-state index is 11.4. The smallest absolute Gasteiger partial charge is 0.239 e. The van der Waals surface area contributed by atoms with Crippen LogP contribution in [0.3, 0.4) is 0 Å². The highest BCUT2D eigenvalue weighted by Gasteiger charge is 2.27. The normalized spacial score (nSPS) is 19.7. The van der Waals surface area contributed by atoms with Gasteiger partial charge in [0.15, 0.2) is 0 Å². The van der Waals surface area contributed by atoms with Crippen molar-refractivity contribution in [1.82, 2.24) is 4.90 Å². The van der Waals surface area contributed by atoms with Crippen LogP contribution in [0.15, 0.2) is 16.8 Å².